The van der Waals surface area contributed by atoms with Crippen LogP contribution >= 0.6 is 0 Å². The van der Waals surface area contributed by atoms with Gasteiger partial charge in [-0.1, -0.05) is 74.9 Å². The van der Waals surface area contributed by atoms with Gasteiger partial charge in [0.2, 0.25) is 5.91 Å². The molecule has 0 saturated heterocycles. The van der Waals surface area contributed by atoms with Gasteiger partial charge < -0.3 is 16.4 Å². The Hall–Kier alpha value is -2.82. The van der Waals surface area contributed by atoms with Crippen LogP contribution in [0.5, 0.6) is 0 Å². The zero-order chi connectivity index (χ0) is 19.1. The van der Waals surface area contributed by atoms with Crippen LogP contribution in [-0.2, 0) is 4.79 Å². The first-order valence-electron chi connectivity index (χ1n) is 8.94. The van der Waals surface area contributed by atoms with Crippen LogP contribution in [-0.4, -0.2) is 18.0 Å². The molecule has 138 valence electrons. The van der Waals surface area contributed by atoms with E-state index in [0.717, 1.165) is 23.1 Å². The topological polar surface area (TPSA) is 84.2 Å². The zero-order valence-electron chi connectivity index (χ0n) is 15.5. The van der Waals surface area contributed by atoms with Crippen LogP contribution in [0.25, 0.3) is 11.1 Å². The third kappa shape index (κ3) is 5.09. The molecule has 0 aliphatic rings. The summed E-state index contributed by atoms with van der Waals surface area (Å²) in [5, 5.41) is 5.51. The average Bonchev–Trinajstić information content (AvgIpc) is 2.66. The van der Waals surface area contributed by atoms with Gasteiger partial charge in [0.15, 0.2) is 0 Å². The number of nitrogens with one attached hydrogen (secondary N) is 2. The minimum atomic E-state index is -0.690. The zero-order valence-corrected chi connectivity index (χ0v) is 15.5. The van der Waals surface area contributed by atoms with Crippen LogP contribution in [0.15, 0.2) is 54.6 Å². The van der Waals surface area contributed by atoms with Crippen molar-refractivity contribution < 1.29 is 9.59 Å². The SMILES string of the molecule is CCC(C)C(NC(N)=O)C(=O)NC(C)c1ccc(-c2ccccc2)cc1. The molecule has 5 nitrogen and oxygen atoms in total. The van der Waals surface area contributed by atoms with Gasteiger partial charge in [0.1, 0.15) is 6.04 Å². The lowest BCUT2D eigenvalue weighted by atomic mass is 9.97. The van der Waals surface area contributed by atoms with E-state index in [2.05, 4.69) is 22.8 Å². The molecule has 0 aromatic heterocycles. The van der Waals surface area contributed by atoms with Gasteiger partial charge in [-0.05, 0) is 29.5 Å². The van der Waals surface area contributed by atoms with Crippen molar-refractivity contribution in [2.75, 3.05) is 0 Å². The molecule has 3 unspecified atom stereocenters. The molecule has 0 saturated carbocycles. The fourth-order valence-corrected chi connectivity index (χ4v) is 2.84. The molecule has 0 fully saturated rings. The molecule has 0 aliphatic carbocycles. The molecule has 3 atom stereocenters. The van der Waals surface area contributed by atoms with Gasteiger partial charge in [0.05, 0.1) is 6.04 Å². The van der Waals surface area contributed by atoms with Crippen molar-refractivity contribution in [1.29, 1.82) is 0 Å². The molecule has 2 rings (SSSR count). The molecule has 0 bridgehead atoms. The number of rotatable bonds is 7. The summed E-state index contributed by atoms with van der Waals surface area (Å²) < 4.78 is 0. The van der Waals surface area contributed by atoms with Gasteiger partial charge >= 0.3 is 6.03 Å². The maximum Gasteiger partial charge on any atom is 0.312 e. The highest BCUT2D eigenvalue weighted by atomic mass is 16.2. The predicted octanol–water partition coefficient (Wildman–Crippen LogP) is 3.61. The monoisotopic (exact) mass is 353 g/mol. The van der Waals surface area contributed by atoms with Gasteiger partial charge in [-0.25, -0.2) is 4.79 Å². The summed E-state index contributed by atoms with van der Waals surface area (Å²) in [7, 11) is 0. The summed E-state index contributed by atoms with van der Waals surface area (Å²) in [5.74, 6) is -0.229. The molecule has 0 radical (unpaired) electrons. The van der Waals surface area contributed by atoms with Crippen molar-refractivity contribution in [3.8, 4) is 11.1 Å². The van der Waals surface area contributed by atoms with E-state index in [4.69, 9.17) is 5.73 Å². The van der Waals surface area contributed by atoms with Crippen LogP contribution in [0, 0.1) is 5.92 Å². The Bertz CT molecular complexity index is 729. The summed E-state index contributed by atoms with van der Waals surface area (Å²) in [6.07, 6.45) is 0.762. The van der Waals surface area contributed by atoms with Crippen molar-refractivity contribution in [1.82, 2.24) is 10.6 Å². The molecule has 26 heavy (non-hydrogen) atoms. The minimum Gasteiger partial charge on any atom is -0.352 e. The third-order valence-electron chi connectivity index (χ3n) is 4.67. The Kier molecular flexibility index (Phi) is 6.78. The lowest BCUT2D eigenvalue weighted by Gasteiger charge is -2.25. The summed E-state index contributed by atoms with van der Waals surface area (Å²) in [6.45, 7) is 5.81. The Balaban J connectivity index is 2.07. The van der Waals surface area contributed by atoms with E-state index in [1.165, 1.54) is 0 Å². The molecule has 0 spiro atoms. The first-order chi connectivity index (χ1) is 12.4. The first-order valence-corrected chi connectivity index (χ1v) is 8.94. The van der Waals surface area contributed by atoms with Crippen molar-refractivity contribution in [2.24, 2.45) is 11.7 Å². The van der Waals surface area contributed by atoms with Crippen LogP contribution in [0.4, 0.5) is 4.79 Å². The lowest BCUT2D eigenvalue weighted by Crippen LogP contribution is -2.52. The second kappa shape index (κ2) is 9.04. The van der Waals surface area contributed by atoms with E-state index in [0.29, 0.717) is 0 Å². The highest BCUT2D eigenvalue weighted by Crippen LogP contribution is 2.22. The van der Waals surface area contributed by atoms with Gasteiger partial charge in [0, 0.05) is 0 Å². The smallest absolute Gasteiger partial charge is 0.312 e. The maximum absolute atomic E-state index is 12.6. The van der Waals surface area contributed by atoms with E-state index in [9.17, 15) is 9.59 Å². The predicted molar refractivity (Wildman–Crippen MR) is 104 cm³/mol. The normalized spacial score (nSPS) is 14.1. The minimum absolute atomic E-state index is 0.00448. The van der Waals surface area contributed by atoms with E-state index >= 15 is 0 Å². The number of hydrogen-bond acceptors (Lipinski definition) is 2. The van der Waals surface area contributed by atoms with Gasteiger partial charge in [0.25, 0.3) is 0 Å². The van der Waals surface area contributed by atoms with Crippen molar-refractivity contribution in [3.63, 3.8) is 0 Å². The molecule has 3 amide bonds. The molecule has 2 aromatic rings. The maximum atomic E-state index is 12.6. The summed E-state index contributed by atoms with van der Waals surface area (Å²) in [4.78, 5) is 23.8. The summed E-state index contributed by atoms with van der Waals surface area (Å²) >= 11 is 0. The quantitative estimate of drug-likeness (QED) is 0.710. The number of nitrogens with two attached hydrogens (primary N) is 1. The number of amides is 3. The second-order valence-corrected chi connectivity index (χ2v) is 6.59. The molecule has 0 heterocycles. The second-order valence-electron chi connectivity index (χ2n) is 6.59. The van der Waals surface area contributed by atoms with Crippen LogP contribution in [0.3, 0.4) is 0 Å². The van der Waals surface area contributed by atoms with Crippen LogP contribution < -0.4 is 16.4 Å². The van der Waals surface area contributed by atoms with E-state index < -0.39 is 12.1 Å². The van der Waals surface area contributed by atoms with Gasteiger partial charge in [-0.15, -0.1) is 0 Å². The number of hydrogen-bond donors (Lipinski definition) is 3. The Morgan fingerprint density at radius 3 is 2.04 bits per heavy atom. The Morgan fingerprint density at radius 2 is 1.50 bits per heavy atom. The molecule has 0 aliphatic heterocycles. The van der Waals surface area contributed by atoms with Gasteiger partial charge in [-0.2, -0.15) is 0 Å². The molecule has 4 N–H and O–H groups in total. The fraction of sp³-hybridized carbons (Fsp3) is 0.333. The lowest BCUT2D eigenvalue weighted by molar-refractivity contribution is -0.124. The van der Waals surface area contributed by atoms with Gasteiger partial charge in [-0.3, -0.25) is 4.79 Å². The van der Waals surface area contributed by atoms with Crippen molar-refractivity contribution in [3.05, 3.63) is 60.2 Å². The van der Waals surface area contributed by atoms with Crippen LogP contribution in [0.2, 0.25) is 0 Å². The fourth-order valence-electron chi connectivity index (χ4n) is 2.84. The molecular weight excluding hydrogens is 326 g/mol. The first kappa shape index (κ1) is 19.5. The highest BCUT2D eigenvalue weighted by Gasteiger charge is 2.26. The van der Waals surface area contributed by atoms with Crippen LogP contribution in [0.1, 0.15) is 38.8 Å². The average molecular weight is 353 g/mol. The summed E-state index contributed by atoms with van der Waals surface area (Å²) in [5.41, 5.74) is 8.48. The number of urea groups is 1. The number of primary amides is 1. The third-order valence-corrected chi connectivity index (χ3v) is 4.67. The summed E-state index contributed by atoms with van der Waals surface area (Å²) in [6, 6.07) is 16.7. The highest BCUT2D eigenvalue weighted by molar-refractivity contribution is 5.87. The number of benzene rings is 2. The van der Waals surface area contributed by atoms with E-state index in [1.54, 1.807) is 0 Å². The van der Waals surface area contributed by atoms with Crippen molar-refractivity contribution in [2.45, 2.75) is 39.3 Å². The largest absolute Gasteiger partial charge is 0.352 e. The molecule has 5 heteroatoms. The van der Waals surface area contributed by atoms with E-state index in [1.807, 2.05) is 63.2 Å². The molecular formula is C21H27N3O2. The molecule has 2 aromatic carbocycles. The number of carbonyl (C=O) groups is 2. The standard InChI is InChI=1S/C21H27N3O2/c1-4-14(2)19(24-21(22)26)20(25)23-15(3)16-10-12-18(13-11-16)17-8-6-5-7-9-17/h5-15,19H,4H2,1-3H3,(H,23,25)(H3,22,24,26). The Labute approximate surface area is 155 Å². The van der Waals surface area contributed by atoms with E-state index in [-0.39, 0.29) is 17.9 Å². The number of carbonyl (C=O) groups excluding carboxylic acids is 2. The Morgan fingerprint density at radius 1 is 0.923 bits per heavy atom. The van der Waals surface area contributed by atoms with Crippen molar-refractivity contribution >= 4 is 11.9 Å².